The zero-order chi connectivity index (χ0) is 28.2. The second kappa shape index (κ2) is 12.1. The third-order valence-corrected chi connectivity index (χ3v) is 6.94. The molecule has 0 N–H and O–H groups in total. The Labute approximate surface area is 230 Å². The first-order chi connectivity index (χ1) is 19.3. The summed E-state index contributed by atoms with van der Waals surface area (Å²) in [5.41, 5.74) is 4.18. The summed E-state index contributed by atoms with van der Waals surface area (Å²) in [6, 6.07) is 11.9. The number of halogens is 2. The number of pyridine rings is 1. The number of benzene rings is 1. The lowest BCUT2D eigenvalue weighted by atomic mass is 9.90. The predicted octanol–water partition coefficient (Wildman–Crippen LogP) is 4.37. The van der Waals surface area contributed by atoms with Gasteiger partial charge in [-0.05, 0) is 49.2 Å². The van der Waals surface area contributed by atoms with Crippen molar-refractivity contribution in [2.45, 2.75) is 32.8 Å². The van der Waals surface area contributed by atoms with Crippen molar-refractivity contribution in [1.82, 2.24) is 29.8 Å². The summed E-state index contributed by atoms with van der Waals surface area (Å²) in [6.07, 6.45) is 3.00. The Morgan fingerprint density at radius 2 is 1.80 bits per heavy atom. The summed E-state index contributed by atoms with van der Waals surface area (Å²) in [5.74, 6) is -1.60. The Morgan fingerprint density at radius 3 is 2.48 bits per heavy atom. The fourth-order valence-electron chi connectivity index (χ4n) is 5.00. The van der Waals surface area contributed by atoms with E-state index in [4.69, 9.17) is 14.7 Å². The number of ketones is 1. The fourth-order valence-corrected chi connectivity index (χ4v) is 5.00. The molecule has 2 atom stereocenters. The molecule has 4 aromatic rings. The number of para-hydroxylation sites is 1. The molecule has 1 aromatic carbocycles. The van der Waals surface area contributed by atoms with Crippen molar-refractivity contribution in [1.29, 1.82) is 0 Å². The van der Waals surface area contributed by atoms with E-state index in [1.807, 2.05) is 44.2 Å². The van der Waals surface area contributed by atoms with Gasteiger partial charge in [-0.3, -0.25) is 9.63 Å². The molecule has 0 saturated carbocycles. The van der Waals surface area contributed by atoms with Crippen LogP contribution in [0.5, 0.6) is 0 Å². The van der Waals surface area contributed by atoms with Crippen molar-refractivity contribution in [3.05, 3.63) is 89.4 Å². The van der Waals surface area contributed by atoms with E-state index in [-0.39, 0.29) is 24.5 Å². The number of Topliss-reactive ketones (excluding diaryl/α,β-unsaturated/α-hetero) is 1. The number of hydrogen-bond acceptors (Lipinski definition) is 8. The molecule has 40 heavy (non-hydrogen) atoms. The first kappa shape index (κ1) is 27.6. The van der Waals surface area contributed by atoms with Gasteiger partial charge in [0, 0.05) is 56.9 Å². The van der Waals surface area contributed by atoms with Gasteiger partial charge in [0.25, 0.3) is 0 Å². The largest absolute Gasteiger partial charge is 0.383 e. The highest BCUT2D eigenvalue weighted by Crippen LogP contribution is 2.37. The molecule has 1 saturated heterocycles. The maximum atomic E-state index is 13.9. The van der Waals surface area contributed by atoms with Gasteiger partial charge in [0.2, 0.25) is 11.9 Å². The molecule has 5 rings (SSSR count). The predicted molar refractivity (Wildman–Crippen MR) is 142 cm³/mol. The Kier molecular flexibility index (Phi) is 8.34. The normalized spacial score (nSPS) is 17.4. The Bertz CT molecular complexity index is 1460. The highest BCUT2D eigenvalue weighted by atomic mass is 19.1. The van der Waals surface area contributed by atoms with Crippen molar-refractivity contribution in [2.24, 2.45) is 5.92 Å². The number of methoxy groups -OCH3 is 1. The van der Waals surface area contributed by atoms with Gasteiger partial charge in [-0.15, -0.1) is 0 Å². The second-order valence-electron chi connectivity index (χ2n) is 9.82. The van der Waals surface area contributed by atoms with Crippen LogP contribution in [-0.2, 0) is 20.8 Å². The number of carbonyl (C=O) groups is 1. The molecule has 11 heteroatoms. The quantitative estimate of drug-likeness (QED) is 0.270. The summed E-state index contributed by atoms with van der Waals surface area (Å²) in [6.45, 7) is 5.02. The number of rotatable bonds is 10. The minimum atomic E-state index is -0.936. The minimum absolute atomic E-state index is 0.0471. The summed E-state index contributed by atoms with van der Waals surface area (Å²) in [5, 5.41) is 6.52. The smallest absolute Gasteiger partial charge is 0.215 e. The van der Waals surface area contributed by atoms with Gasteiger partial charge < -0.3 is 4.74 Å². The molecule has 9 nitrogen and oxygen atoms in total. The van der Waals surface area contributed by atoms with E-state index in [1.165, 1.54) is 0 Å². The standard InChI is InChI=1S/C29H30F2N6O3/c1-18-25(37(23-7-5-4-6-8-23)35-28(18)22-15-32-19(2)33-16-22)14-24(38)11-21-17-36(9-10-39-3)40-29(21)20-12-26(30)34-27(31)13-20/h4-8,12-13,15-16,21,29H,9-11,14,17H2,1-3H3/t21-,29+/m1/s1. The molecule has 0 spiro atoms. The maximum absolute atomic E-state index is 13.9. The Balaban J connectivity index is 1.43. The van der Waals surface area contributed by atoms with Crippen molar-refractivity contribution in [3.8, 4) is 16.9 Å². The summed E-state index contributed by atoms with van der Waals surface area (Å²) in [4.78, 5) is 31.4. The average Bonchev–Trinajstić information content (AvgIpc) is 3.48. The van der Waals surface area contributed by atoms with Crippen molar-refractivity contribution >= 4 is 5.78 Å². The highest BCUT2D eigenvalue weighted by molar-refractivity contribution is 5.82. The van der Waals surface area contributed by atoms with Crippen LogP contribution in [0.3, 0.4) is 0 Å². The lowest BCUT2D eigenvalue weighted by Crippen LogP contribution is -2.24. The Morgan fingerprint density at radius 1 is 1.10 bits per heavy atom. The van der Waals surface area contributed by atoms with Crippen LogP contribution >= 0.6 is 0 Å². The van der Waals surface area contributed by atoms with E-state index in [0.717, 1.165) is 34.6 Å². The molecule has 1 aliphatic rings. The number of carbonyl (C=O) groups excluding carboxylic acids is 1. The SMILES string of the molecule is COCCN1C[C@@H](CC(=O)Cc2c(C)c(-c3cnc(C)nc3)nn2-c2ccccc2)[C@H](c2cc(F)nc(F)c2)O1. The molecule has 0 amide bonds. The first-order valence-electron chi connectivity index (χ1n) is 13.0. The van der Waals surface area contributed by atoms with E-state index >= 15 is 0 Å². The van der Waals surface area contributed by atoms with E-state index in [0.29, 0.717) is 36.8 Å². The van der Waals surface area contributed by atoms with Gasteiger partial charge >= 0.3 is 0 Å². The van der Waals surface area contributed by atoms with Gasteiger partial charge in [0.15, 0.2) is 0 Å². The van der Waals surface area contributed by atoms with Gasteiger partial charge in [-0.1, -0.05) is 18.2 Å². The summed E-state index contributed by atoms with van der Waals surface area (Å²) < 4.78 is 34.8. The summed E-state index contributed by atoms with van der Waals surface area (Å²) in [7, 11) is 1.58. The molecular formula is C29H30F2N6O3. The third kappa shape index (κ3) is 6.11. The molecule has 0 aliphatic carbocycles. The number of ether oxygens (including phenoxy) is 1. The van der Waals surface area contributed by atoms with Gasteiger partial charge in [0.05, 0.1) is 23.7 Å². The lowest BCUT2D eigenvalue weighted by molar-refractivity contribution is -0.155. The molecular weight excluding hydrogens is 518 g/mol. The second-order valence-corrected chi connectivity index (χ2v) is 9.82. The number of nitrogens with zero attached hydrogens (tertiary/aromatic N) is 6. The number of aryl methyl sites for hydroxylation is 1. The average molecular weight is 549 g/mol. The molecule has 1 fully saturated rings. The molecule has 0 bridgehead atoms. The van der Waals surface area contributed by atoms with E-state index in [2.05, 4.69) is 15.0 Å². The van der Waals surface area contributed by atoms with Crippen LogP contribution in [-0.4, -0.2) is 62.4 Å². The van der Waals surface area contributed by atoms with E-state index < -0.39 is 18.0 Å². The van der Waals surface area contributed by atoms with Gasteiger partial charge in [-0.25, -0.2) is 14.6 Å². The van der Waals surface area contributed by atoms with Crippen LogP contribution in [0.25, 0.3) is 16.9 Å². The lowest BCUT2D eigenvalue weighted by Gasteiger charge is -2.18. The summed E-state index contributed by atoms with van der Waals surface area (Å²) >= 11 is 0. The van der Waals surface area contributed by atoms with Crippen LogP contribution in [0.15, 0.2) is 54.9 Å². The van der Waals surface area contributed by atoms with E-state index in [9.17, 15) is 13.6 Å². The maximum Gasteiger partial charge on any atom is 0.215 e. The topological polar surface area (TPSA) is 95.3 Å². The highest BCUT2D eigenvalue weighted by Gasteiger charge is 2.37. The molecule has 4 heterocycles. The van der Waals surface area contributed by atoms with Crippen LogP contribution in [0.2, 0.25) is 0 Å². The fraction of sp³-hybridized carbons (Fsp3) is 0.345. The van der Waals surface area contributed by atoms with Crippen molar-refractivity contribution in [3.63, 3.8) is 0 Å². The van der Waals surface area contributed by atoms with Crippen molar-refractivity contribution in [2.75, 3.05) is 26.8 Å². The van der Waals surface area contributed by atoms with Crippen LogP contribution < -0.4 is 0 Å². The molecule has 208 valence electrons. The van der Waals surface area contributed by atoms with Gasteiger partial charge in [-0.2, -0.15) is 23.9 Å². The van der Waals surface area contributed by atoms with Gasteiger partial charge in [0.1, 0.15) is 17.7 Å². The molecule has 3 aromatic heterocycles. The number of hydroxylamine groups is 2. The molecule has 0 unspecified atom stereocenters. The van der Waals surface area contributed by atoms with Crippen LogP contribution in [0, 0.1) is 31.7 Å². The monoisotopic (exact) mass is 548 g/mol. The molecule has 0 radical (unpaired) electrons. The first-order valence-corrected chi connectivity index (χ1v) is 13.0. The zero-order valence-electron chi connectivity index (χ0n) is 22.6. The van der Waals surface area contributed by atoms with E-state index in [1.54, 1.807) is 29.2 Å². The third-order valence-electron chi connectivity index (χ3n) is 6.94. The minimum Gasteiger partial charge on any atom is -0.383 e. The number of hydrogen-bond donors (Lipinski definition) is 0. The molecule has 1 aliphatic heterocycles. The van der Waals surface area contributed by atoms with Crippen LogP contribution in [0.1, 0.15) is 35.2 Å². The number of aromatic nitrogens is 5. The van der Waals surface area contributed by atoms with Crippen LogP contribution in [0.4, 0.5) is 8.78 Å². The van der Waals surface area contributed by atoms with Crippen molar-refractivity contribution < 1.29 is 23.1 Å². The zero-order valence-corrected chi connectivity index (χ0v) is 22.6. The Hall–Kier alpha value is -3.93.